The normalized spacial score (nSPS) is 10.2. The van der Waals surface area contributed by atoms with E-state index in [4.69, 9.17) is 5.11 Å². The second-order valence-corrected chi connectivity index (χ2v) is 6.36. The number of hydrogen-bond acceptors (Lipinski definition) is 4. The minimum Gasteiger partial charge on any atom is -0.476 e. The Hall–Kier alpha value is -1.000. The topological polar surface area (TPSA) is 79.3 Å². The third-order valence-corrected chi connectivity index (χ3v) is 4.37. The van der Waals surface area contributed by atoms with E-state index in [1.807, 2.05) is 12.1 Å². The van der Waals surface area contributed by atoms with Gasteiger partial charge in [-0.15, -0.1) is 11.3 Å². The number of amides is 1. The fourth-order valence-corrected chi connectivity index (χ4v) is 2.76. The predicted molar refractivity (Wildman–Crippen MR) is 83.9 cm³/mol. The van der Waals surface area contributed by atoms with Crippen LogP contribution in [0.3, 0.4) is 0 Å². The van der Waals surface area contributed by atoms with Gasteiger partial charge in [0, 0.05) is 13.4 Å². The predicted octanol–water partition coefficient (Wildman–Crippen LogP) is 3.46. The first-order valence-corrected chi connectivity index (χ1v) is 7.67. The van der Waals surface area contributed by atoms with E-state index in [1.54, 1.807) is 6.07 Å². The summed E-state index contributed by atoms with van der Waals surface area (Å²) in [6.07, 6.45) is 0. The van der Waals surface area contributed by atoms with E-state index in [2.05, 4.69) is 48.8 Å². The van der Waals surface area contributed by atoms with E-state index < -0.39 is 11.9 Å². The van der Waals surface area contributed by atoms with Crippen LogP contribution in [0.4, 0.5) is 5.69 Å². The molecule has 0 spiro atoms. The van der Waals surface area contributed by atoms with Gasteiger partial charge in [0.05, 0.1) is 5.69 Å². The van der Waals surface area contributed by atoms with Crippen LogP contribution in [-0.4, -0.2) is 22.0 Å². The molecular weight excluding hydrogens is 447 g/mol. The Morgan fingerprint density at radius 1 is 1.42 bits per heavy atom. The number of hydrogen-bond donors (Lipinski definition) is 2. The highest BCUT2D eigenvalue weighted by atomic mass is 127. The van der Waals surface area contributed by atoms with Crippen LogP contribution in [0.1, 0.15) is 20.3 Å². The molecule has 5 nitrogen and oxygen atoms in total. The summed E-state index contributed by atoms with van der Waals surface area (Å²) in [6.45, 7) is 0. The Morgan fingerprint density at radius 3 is 2.79 bits per heavy atom. The number of carbonyl (C=O) groups excluding carboxylic acids is 1. The average Bonchev–Trinajstić information content (AvgIpc) is 2.83. The lowest BCUT2D eigenvalue weighted by Crippen LogP contribution is -2.13. The van der Waals surface area contributed by atoms with Crippen molar-refractivity contribution in [3.63, 3.8) is 0 Å². The van der Waals surface area contributed by atoms with Gasteiger partial charge in [-0.1, -0.05) is 15.9 Å². The molecular formula is C11H6BrIN2O3S. The quantitative estimate of drug-likeness (QED) is 0.699. The van der Waals surface area contributed by atoms with Crippen LogP contribution in [-0.2, 0) is 0 Å². The number of carboxylic acid groups (broad SMARTS) is 1. The van der Waals surface area contributed by atoms with E-state index in [0.29, 0.717) is 5.69 Å². The fraction of sp³-hybridized carbons (Fsp3) is 0. The average molecular weight is 453 g/mol. The summed E-state index contributed by atoms with van der Waals surface area (Å²) in [4.78, 5) is 26.4. The monoisotopic (exact) mass is 452 g/mol. The summed E-state index contributed by atoms with van der Waals surface area (Å²) in [6, 6.07) is 5.49. The maximum atomic E-state index is 11.9. The number of nitrogens with one attached hydrogen (secondary N) is 1. The molecule has 98 valence electrons. The van der Waals surface area contributed by atoms with Gasteiger partial charge < -0.3 is 10.4 Å². The molecule has 8 heteroatoms. The number of halogens is 2. The number of carboxylic acids is 1. The van der Waals surface area contributed by atoms with Gasteiger partial charge in [-0.2, -0.15) is 0 Å². The summed E-state index contributed by atoms with van der Waals surface area (Å²) < 4.78 is 1.72. The molecule has 1 amide bonds. The molecule has 1 aromatic heterocycles. The molecule has 1 heterocycles. The summed E-state index contributed by atoms with van der Waals surface area (Å²) in [5.74, 6) is -1.57. The van der Waals surface area contributed by atoms with Crippen molar-refractivity contribution < 1.29 is 14.7 Å². The number of thiazole rings is 1. The van der Waals surface area contributed by atoms with E-state index in [0.717, 1.165) is 19.4 Å². The number of benzene rings is 1. The van der Waals surface area contributed by atoms with Crippen molar-refractivity contribution in [1.82, 2.24) is 4.98 Å². The molecule has 0 saturated carbocycles. The third-order valence-electron chi connectivity index (χ3n) is 2.09. The van der Waals surface area contributed by atoms with Gasteiger partial charge in [-0.05, 0) is 40.8 Å². The second-order valence-electron chi connectivity index (χ2n) is 3.42. The molecule has 19 heavy (non-hydrogen) atoms. The van der Waals surface area contributed by atoms with Crippen LogP contribution < -0.4 is 5.32 Å². The number of rotatable bonds is 3. The second kappa shape index (κ2) is 5.97. The van der Waals surface area contributed by atoms with E-state index in [1.165, 1.54) is 5.38 Å². The van der Waals surface area contributed by atoms with E-state index in [-0.39, 0.29) is 10.7 Å². The van der Waals surface area contributed by atoms with Gasteiger partial charge in [0.1, 0.15) is 0 Å². The molecule has 0 radical (unpaired) electrons. The Morgan fingerprint density at radius 2 is 2.16 bits per heavy atom. The molecule has 0 aliphatic carbocycles. The van der Waals surface area contributed by atoms with E-state index >= 15 is 0 Å². The maximum absolute atomic E-state index is 11.9. The minimum atomic E-state index is -1.15. The van der Waals surface area contributed by atoms with Crippen LogP contribution in [0.5, 0.6) is 0 Å². The molecule has 0 fully saturated rings. The molecule has 0 aliphatic heterocycles. The number of nitrogens with zero attached hydrogens (tertiary/aromatic N) is 1. The fourth-order valence-electron chi connectivity index (χ4n) is 1.25. The van der Waals surface area contributed by atoms with E-state index in [9.17, 15) is 9.59 Å². The first kappa shape index (κ1) is 14.4. The van der Waals surface area contributed by atoms with Gasteiger partial charge in [0.25, 0.3) is 5.91 Å². The maximum Gasteiger partial charge on any atom is 0.355 e. The smallest absolute Gasteiger partial charge is 0.355 e. The molecule has 1 aromatic carbocycles. The van der Waals surface area contributed by atoms with Crippen LogP contribution >= 0.6 is 49.9 Å². The van der Waals surface area contributed by atoms with Gasteiger partial charge in [0.2, 0.25) is 0 Å². The highest BCUT2D eigenvalue weighted by molar-refractivity contribution is 14.1. The Labute approximate surface area is 134 Å². The molecule has 2 rings (SSSR count). The van der Waals surface area contributed by atoms with Gasteiger partial charge >= 0.3 is 5.97 Å². The van der Waals surface area contributed by atoms with Gasteiger partial charge in [0.15, 0.2) is 10.7 Å². The highest BCUT2D eigenvalue weighted by Gasteiger charge is 2.15. The number of carbonyl (C=O) groups is 2. The van der Waals surface area contributed by atoms with Crippen LogP contribution in [0.15, 0.2) is 28.1 Å². The zero-order chi connectivity index (χ0) is 14.0. The zero-order valence-corrected chi connectivity index (χ0v) is 13.7. The lowest BCUT2D eigenvalue weighted by atomic mass is 10.3. The summed E-state index contributed by atoms with van der Waals surface area (Å²) in [5, 5.41) is 12.9. The number of aromatic carboxylic acids is 1. The Kier molecular flexibility index (Phi) is 4.53. The van der Waals surface area contributed by atoms with Crippen molar-refractivity contribution in [2.24, 2.45) is 0 Å². The van der Waals surface area contributed by atoms with Gasteiger partial charge in [-0.3, -0.25) is 4.79 Å². The third kappa shape index (κ3) is 3.51. The highest BCUT2D eigenvalue weighted by Crippen LogP contribution is 2.23. The van der Waals surface area contributed by atoms with Crippen molar-refractivity contribution in [3.05, 3.63) is 42.3 Å². The van der Waals surface area contributed by atoms with Crippen LogP contribution in [0.25, 0.3) is 0 Å². The molecule has 0 atom stereocenters. The van der Waals surface area contributed by atoms with Crippen molar-refractivity contribution >= 4 is 67.4 Å². The summed E-state index contributed by atoms with van der Waals surface area (Å²) >= 11 is 6.42. The van der Waals surface area contributed by atoms with Crippen LogP contribution in [0, 0.1) is 3.57 Å². The first-order chi connectivity index (χ1) is 8.97. The summed E-state index contributed by atoms with van der Waals surface area (Å²) in [5.41, 5.74) is 0.520. The largest absolute Gasteiger partial charge is 0.476 e. The molecule has 0 bridgehead atoms. The number of aromatic nitrogens is 1. The van der Waals surface area contributed by atoms with Crippen molar-refractivity contribution in [2.45, 2.75) is 0 Å². The van der Waals surface area contributed by atoms with Crippen LogP contribution in [0.2, 0.25) is 0 Å². The van der Waals surface area contributed by atoms with Crippen molar-refractivity contribution in [3.8, 4) is 0 Å². The van der Waals surface area contributed by atoms with Gasteiger partial charge in [-0.25, -0.2) is 9.78 Å². The molecule has 0 saturated heterocycles. The molecule has 0 aliphatic rings. The molecule has 2 N–H and O–H groups in total. The lowest BCUT2D eigenvalue weighted by Gasteiger charge is -2.06. The minimum absolute atomic E-state index is 0.119. The first-order valence-electron chi connectivity index (χ1n) is 4.92. The molecule has 0 unspecified atom stereocenters. The SMILES string of the molecule is O=C(O)c1csc(C(=O)Nc2cc(Br)ccc2I)n1. The Bertz CT molecular complexity index is 659. The molecule has 2 aromatic rings. The summed E-state index contributed by atoms with van der Waals surface area (Å²) in [7, 11) is 0. The Balaban J connectivity index is 2.20. The lowest BCUT2D eigenvalue weighted by molar-refractivity contribution is 0.0691. The van der Waals surface area contributed by atoms with Crippen molar-refractivity contribution in [1.29, 1.82) is 0 Å². The number of anilines is 1. The van der Waals surface area contributed by atoms with Crippen molar-refractivity contribution in [2.75, 3.05) is 5.32 Å². The standard InChI is InChI=1S/C11H6BrIN2O3S/c12-5-1-2-6(13)7(3-5)14-9(16)10-15-8(4-19-10)11(17)18/h1-4H,(H,14,16)(H,17,18). The zero-order valence-electron chi connectivity index (χ0n) is 9.18.